The molecule has 5 rings (SSSR count). The van der Waals surface area contributed by atoms with Gasteiger partial charge in [-0.05, 0) is 18.1 Å². The van der Waals surface area contributed by atoms with Crippen LogP contribution in [0.4, 0.5) is 0 Å². The number of carbonyl (C=O) groups excluding carboxylic acids is 1. The molecule has 0 bridgehead atoms. The summed E-state index contributed by atoms with van der Waals surface area (Å²) in [6, 6.07) is 18.6. The van der Waals surface area contributed by atoms with Crippen LogP contribution in [0.5, 0.6) is 0 Å². The van der Waals surface area contributed by atoms with Crippen molar-refractivity contribution in [2.75, 3.05) is 32.1 Å². The molecule has 2 aromatic heterocycles. The van der Waals surface area contributed by atoms with Crippen molar-refractivity contribution in [3.05, 3.63) is 60.2 Å². The van der Waals surface area contributed by atoms with Gasteiger partial charge in [0.2, 0.25) is 11.1 Å². The summed E-state index contributed by atoms with van der Waals surface area (Å²) in [5, 5.41) is 10.3. The normalized spacial score (nSPS) is 14.4. The van der Waals surface area contributed by atoms with Crippen LogP contribution in [0.3, 0.4) is 0 Å². The van der Waals surface area contributed by atoms with Crippen molar-refractivity contribution in [3.8, 4) is 0 Å². The Hall–Kier alpha value is -2.97. The zero-order chi connectivity index (χ0) is 21.0. The Labute approximate surface area is 184 Å². The second-order valence-corrected chi connectivity index (χ2v) is 8.40. The summed E-state index contributed by atoms with van der Waals surface area (Å²) in [5.41, 5.74) is 3.99. The van der Waals surface area contributed by atoms with Crippen LogP contribution in [-0.2, 0) is 22.5 Å². The first-order chi connectivity index (χ1) is 15.3. The third kappa shape index (κ3) is 4.26. The maximum Gasteiger partial charge on any atom is 0.233 e. The van der Waals surface area contributed by atoms with Gasteiger partial charge in [0.05, 0.1) is 24.5 Å². The van der Waals surface area contributed by atoms with E-state index in [1.165, 1.54) is 17.3 Å². The molecule has 0 atom stereocenters. The van der Waals surface area contributed by atoms with Gasteiger partial charge in [0.25, 0.3) is 0 Å². The number of aryl methyl sites for hydroxylation is 2. The average molecular weight is 434 g/mol. The van der Waals surface area contributed by atoms with Gasteiger partial charge in [-0.1, -0.05) is 60.3 Å². The Bertz CT molecular complexity index is 1200. The highest BCUT2D eigenvalue weighted by Crippen LogP contribution is 2.27. The molecule has 0 aliphatic carbocycles. The summed E-state index contributed by atoms with van der Waals surface area (Å²) in [6.45, 7) is 3.28. The van der Waals surface area contributed by atoms with Crippen molar-refractivity contribution >= 4 is 39.7 Å². The van der Waals surface area contributed by atoms with Gasteiger partial charge in [-0.2, -0.15) is 0 Å². The lowest BCUT2D eigenvalue weighted by atomic mass is 10.1. The minimum atomic E-state index is 0.0848. The topological polar surface area (TPSA) is 73.1 Å². The Morgan fingerprint density at radius 1 is 1.00 bits per heavy atom. The number of hydrogen-bond acceptors (Lipinski definition) is 6. The Morgan fingerprint density at radius 2 is 1.77 bits per heavy atom. The molecule has 31 heavy (non-hydrogen) atoms. The minimum absolute atomic E-state index is 0.0848. The van der Waals surface area contributed by atoms with E-state index in [-0.39, 0.29) is 5.91 Å². The molecule has 8 heteroatoms. The first-order valence-electron chi connectivity index (χ1n) is 10.4. The smallest absolute Gasteiger partial charge is 0.233 e. The number of fused-ring (bicyclic) bond motifs is 3. The SMILES string of the molecule is O=C(CSc1nnc2c3ccccc3n(CCc3ccccc3)c2n1)N1CCOCC1. The van der Waals surface area contributed by atoms with Crippen LogP contribution in [-0.4, -0.2) is 62.6 Å². The van der Waals surface area contributed by atoms with E-state index in [2.05, 4.69) is 51.2 Å². The van der Waals surface area contributed by atoms with Crippen LogP contribution in [0.25, 0.3) is 22.1 Å². The monoisotopic (exact) mass is 433 g/mol. The largest absolute Gasteiger partial charge is 0.378 e. The molecule has 4 aromatic rings. The number of ether oxygens (including phenoxy) is 1. The predicted molar refractivity (Wildman–Crippen MR) is 121 cm³/mol. The average Bonchev–Trinajstić information content (AvgIpc) is 3.15. The maximum absolute atomic E-state index is 12.5. The molecule has 0 unspecified atom stereocenters. The number of thioether (sulfide) groups is 1. The molecular weight excluding hydrogens is 410 g/mol. The standard InChI is InChI=1S/C23H23N5O2S/c29-20(27-12-14-30-15-13-27)16-31-23-24-22-21(25-26-23)18-8-4-5-9-19(18)28(22)11-10-17-6-2-1-3-7-17/h1-9H,10-16H2. The van der Waals surface area contributed by atoms with Crippen LogP contribution >= 0.6 is 11.8 Å². The third-order valence-electron chi connectivity index (χ3n) is 5.51. The third-order valence-corrected chi connectivity index (χ3v) is 6.33. The van der Waals surface area contributed by atoms with Crippen molar-refractivity contribution in [1.29, 1.82) is 0 Å². The van der Waals surface area contributed by atoms with Gasteiger partial charge < -0.3 is 14.2 Å². The molecule has 7 nitrogen and oxygen atoms in total. The zero-order valence-corrected chi connectivity index (χ0v) is 17.9. The Balaban J connectivity index is 1.41. The molecule has 1 saturated heterocycles. The van der Waals surface area contributed by atoms with Gasteiger partial charge >= 0.3 is 0 Å². The van der Waals surface area contributed by atoms with Gasteiger partial charge in [0.15, 0.2) is 5.65 Å². The summed E-state index contributed by atoms with van der Waals surface area (Å²) in [5.74, 6) is 0.388. The van der Waals surface area contributed by atoms with E-state index in [0.717, 1.165) is 35.0 Å². The number of carbonyl (C=O) groups is 1. The lowest BCUT2D eigenvalue weighted by Gasteiger charge is -2.26. The number of rotatable bonds is 6. The fraction of sp³-hybridized carbons (Fsp3) is 0.304. The Kier molecular flexibility index (Phi) is 5.82. The molecule has 0 N–H and O–H groups in total. The molecule has 1 aliphatic heterocycles. The fourth-order valence-electron chi connectivity index (χ4n) is 3.89. The number of morpholine rings is 1. The summed E-state index contributed by atoms with van der Waals surface area (Å²) in [6.07, 6.45) is 0.899. The van der Waals surface area contributed by atoms with Crippen molar-refractivity contribution in [2.45, 2.75) is 18.1 Å². The lowest BCUT2D eigenvalue weighted by molar-refractivity contribution is -0.132. The van der Waals surface area contributed by atoms with E-state index in [4.69, 9.17) is 9.72 Å². The highest BCUT2D eigenvalue weighted by atomic mass is 32.2. The van der Waals surface area contributed by atoms with Crippen molar-refractivity contribution in [1.82, 2.24) is 24.6 Å². The molecule has 0 saturated carbocycles. The zero-order valence-electron chi connectivity index (χ0n) is 17.1. The van der Waals surface area contributed by atoms with E-state index in [9.17, 15) is 4.79 Å². The van der Waals surface area contributed by atoms with E-state index >= 15 is 0 Å². The first kappa shape index (κ1) is 20.0. The second kappa shape index (κ2) is 9.03. The van der Waals surface area contributed by atoms with E-state index < -0.39 is 0 Å². The van der Waals surface area contributed by atoms with Gasteiger partial charge in [-0.15, -0.1) is 10.2 Å². The van der Waals surface area contributed by atoms with Crippen molar-refractivity contribution < 1.29 is 9.53 Å². The molecule has 1 fully saturated rings. The van der Waals surface area contributed by atoms with Crippen molar-refractivity contribution in [2.24, 2.45) is 0 Å². The van der Waals surface area contributed by atoms with Crippen LogP contribution < -0.4 is 0 Å². The molecule has 0 radical (unpaired) electrons. The van der Waals surface area contributed by atoms with E-state index in [1.54, 1.807) is 0 Å². The highest BCUT2D eigenvalue weighted by molar-refractivity contribution is 7.99. The van der Waals surface area contributed by atoms with Gasteiger partial charge in [0, 0.05) is 25.0 Å². The van der Waals surface area contributed by atoms with E-state index in [0.29, 0.717) is 37.2 Å². The van der Waals surface area contributed by atoms with Crippen LogP contribution in [0.2, 0.25) is 0 Å². The number of benzene rings is 2. The van der Waals surface area contributed by atoms with Gasteiger partial charge in [0.1, 0.15) is 5.52 Å². The number of aromatic nitrogens is 4. The fourth-order valence-corrected chi connectivity index (χ4v) is 4.58. The molecule has 1 aliphatic rings. The number of hydrogen-bond donors (Lipinski definition) is 0. The van der Waals surface area contributed by atoms with Crippen molar-refractivity contribution in [3.63, 3.8) is 0 Å². The van der Waals surface area contributed by atoms with E-state index in [1.807, 2.05) is 23.1 Å². The first-order valence-corrected chi connectivity index (χ1v) is 11.4. The van der Waals surface area contributed by atoms with Gasteiger partial charge in [-0.25, -0.2) is 4.98 Å². The van der Waals surface area contributed by atoms with Gasteiger partial charge in [-0.3, -0.25) is 4.79 Å². The lowest BCUT2D eigenvalue weighted by Crippen LogP contribution is -2.41. The number of amides is 1. The summed E-state index contributed by atoms with van der Waals surface area (Å²) in [7, 11) is 0. The number of nitrogens with zero attached hydrogens (tertiary/aromatic N) is 5. The molecule has 1 amide bonds. The molecule has 0 spiro atoms. The summed E-state index contributed by atoms with van der Waals surface area (Å²) < 4.78 is 7.53. The summed E-state index contributed by atoms with van der Waals surface area (Å²) in [4.78, 5) is 19.1. The quantitative estimate of drug-likeness (QED) is 0.435. The van der Waals surface area contributed by atoms with Crippen LogP contribution in [0, 0.1) is 0 Å². The molecule has 2 aromatic carbocycles. The highest BCUT2D eigenvalue weighted by Gasteiger charge is 2.19. The van der Waals surface area contributed by atoms with Crippen LogP contribution in [0.15, 0.2) is 59.8 Å². The molecule has 158 valence electrons. The predicted octanol–water partition coefficient (Wildman–Crippen LogP) is 3.17. The summed E-state index contributed by atoms with van der Waals surface area (Å²) >= 11 is 1.34. The Morgan fingerprint density at radius 3 is 2.61 bits per heavy atom. The maximum atomic E-state index is 12.5. The molecule has 3 heterocycles. The number of para-hydroxylation sites is 1. The molecular formula is C23H23N5O2S. The second-order valence-electron chi connectivity index (χ2n) is 7.45. The van der Waals surface area contributed by atoms with Crippen LogP contribution in [0.1, 0.15) is 5.56 Å². The minimum Gasteiger partial charge on any atom is -0.378 e.